The molecule has 4 heteroatoms. The van der Waals surface area contributed by atoms with Crippen molar-refractivity contribution in [3.63, 3.8) is 0 Å². The van der Waals surface area contributed by atoms with Crippen LogP contribution in [0.2, 0.25) is 5.02 Å². The van der Waals surface area contributed by atoms with Crippen molar-refractivity contribution in [1.82, 2.24) is 9.55 Å². The van der Waals surface area contributed by atoms with Gasteiger partial charge < -0.3 is 10.3 Å². The van der Waals surface area contributed by atoms with Gasteiger partial charge in [0.25, 0.3) is 0 Å². The summed E-state index contributed by atoms with van der Waals surface area (Å²) in [6.45, 7) is 4.83. The predicted molar refractivity (Wildman–Crippen MR) is 84.2 cm³/mol. The van der Waals surface area contributed by atoms with E-state index in [1.165, 1.54) is 11.1 Å². The van der Waals surface area contributed by atoms with Gasteiger partial charge in [-0.25, -0.2) is 4.98 Å². The second-order valence-corrected chi connectivity index (χ2v) is 5.51. The van der Waals surface area contributed by atoms with E-state index < -0.39 is 0 Å². The van der Waals surface area contributed by atoms with Crippen LogP contribution in [0.5, 0.6) is 0 Å². The highest BCUT2D eigenvalue weighted by Gasteiger charge is 2.09. The van der Waals surface area contributed by atoms with E-state index in [-0.39, 0.29) is 0 Å². The van der Waals surface area contributed by atoms with E-state index in [9.17, 15) is 0 Å². The van der Waals surface area contributed by atoms with E-state index in [0.29, 0.717) is 17.3 Å². The molecule has 3 nitrogen and oxygen atoms in total. The van der Waals surface area contributed by atoms with Crippen LogP contribution in [0.1, 0.15) is 16.7 Å². The van der Waals surface area contributed by atoms with Gasteiger partial charge in [-0.3, -0.25) is 0 Å². The van der Waals surface area contributed by atoms with Crippen molar-refractivity contribution >= 4 is 28.3 Å². The first-order valence-corrected chi connectivity index (χ1v) is 6.89. The molecule has 3 aromatic rings. The third-order valence-corrected chi connectivity index (χ3v) is 4.07. The number of aryl methyl sites for hydroxylation is 2. The van der Waals surface area contributed by atoms with E-state index >= 15 is 0 Å². The molecule has 0 atom stereocenters. The minimum absolute atomic E-state index is 0.629. The van der Waals surface area contributed by atoms with Gasteiger partial charge in [0.05, 0.1) is 23.9 Å². The van der Waals surface area contributed by atoms with Gasteiger partial charge in [-0.1, -0.05) is 17.7 Å². The predicted octanol–water partition coefficient (Wildman–Crippen LogP) is 3.94. The number of anilines is 1. The summed E-state index contributed by atoms with van der Waals surface area (Å²) in [5.74, 6) is 0. The monoisotopic (exact) mass is 285 g/mol. The van der Waals surface area contributed by atoms with Crippen LogP contribution in [-0.4, -0.2) is 9.55 Å². The molecule has 0 radical (unpaired) electrons. The first-order valence-electron chi connectivity index (χ1n) is 6.51. The summed E-state index contributed by atoms with van der Waals surface area (Å²) >= 11 is 6.24. The van der Waals surface area contributed by atoms with Gasteiger partial charge in [0.1, 0.15) is 0 Å². The van der Waals surface area contributed by atoms with Gasteiger partial charge in [-0.2, -0.15) is 0 Å². The van der Waals surface area contributed by atoms with Crippen molar-refractivity contribution in [2.45, 2.75) is 20.4 Å². The number of hydrogen-bond donors (Lipinski definition) is 1. The van der Waals surface area contributed by atoms with E-state index in [2.05, 4.69) is 35.5 Å². The maximum atomic E-state index is 6.24. The Hall–Kier alpha value is -2.00. The fourth-order valence-corrected chi connectivity index (χ4v) is 2.59. The highest BCUT2D eigenvalue weighted by Crippen LogP contribution is 2.25. The molecule has 1 aromatic heterocycles. The Balaban J connectivity index is 2.10. The molecule has 0 saturated carbocycles. The van der Waals surface area contributed by atoms with Gasteiger partial charge in [0, 0.05) is 16.3 Å². The molecule has 3 rings (SSSR count). The number of fused-ring (bicyclic) bond motifs is 1. The van der Waals surface area contributed by atoms with Gasteiger partial charge in [-0.15, -0.1) is 0 Å². The number of benzene rings is 2. The molecule has 0 unspecified atom stereocenters. The molecular formula is C16H16ClN3. The first-order chi connectivity index (χ1) is 9.56. The molecule has 20 heavy (non-hydrogen) atoms. The summed E-state index contributed by atoms with van der Waals surface area (Å²) in [4.78, 5) is 4.46. The van der Waals surface area contributed by atoms with Crippen LogP contribution in [0.3, 0.4) is 0 Å². The molecule has 102 valence electrons. The minimum Gasteiger partial charge on any atom is -0.398 e. The van der Waals surface area contributed by atoms with E-state index in [1.54, 1.807) is 0 Å². The Kier molecular flexibility index (Phi) is 3.14. The second-order valence-electron chi connectivity index (χ2n) is 5.11. The lowest BCUT2D eigenvalue weighted by Gasteiger charge is -2.10. The third-order valence-electron chi connectivity index (χ3n) is 3.72. The van der Waals surface area contributed by atoms with Gasteiger partial charge in [0.15, 0.2) is 0 Å². The van der Waals surface area contributed by atoms with E-state index in [1.807, 2.05) is 24.5 Å². The zero-order valence-corrected chi connectivity index (χ0v) is 12.3. The van der Waals surface area contributed by atoms with Crippen molar-refractivity contribution in [2.75, 3.05) is 5.73 Å². The normalized spacial score (nSPS) is 11.2. The number of halogens is 1. The second kappa shape index (κ2) is 4.84. The summed E-state index contributed by atoms with van der Waals surface area (Å²) in [6.07, 6.45) is 1.84. The average molecular weight is 286 g/mol. The fourth-order valence-electron chi connectivity index (χ4n) is 2.35. The Bertz CT molecular complexity index is 770. The molecule has 0 bridgehead atoms. The minimum atomic E-state index is 0.629. The molecule has 0 spiro atoms. The fraction of sp³-hybridized carbons (Fsp3) is 0.188. The molecule has 0 aliphatic rings. The van der Waals surface area contributed by atoms with Crippen LogP contribution in [0.15, 0.2) is 36.7 Å². The maximum Gasteiger partial charge on any atom is 0.0961 e. The first kappa shape index (κ1) is 13.0. The molecule has 0 fully saturated rings. The number of hydrogen-bond acceptors (Lipinski definition) is 2. The zero-order valence-electron chi connectivity index (χ0n) is 11.5. The van der Waals surface area contributed by atoms with Gasteiger partial charge in [-0.05, 0) is 49.2 Å². The molecule has 1 heterocycles. The summed E-state index contributed by atoms with van der Waals surface area (Å²) in [5.41, 5.74) is 12.3. The SMILES string of the molecule is Cc1cc2ncn(Cc3c(N)cccc3Cl)c2cc1C. The zero-order chi connectivity index (χ0) is 14.3. The van der Waals surface area contributed by atoms with Crippen molar-refractivity contribution < 1.29 is 0 Å². The Morgan fingerprint density at radius 1 is 1.20 bits per heavy atom. The largest absolute Gasteiger partial charge is 0.398 e. The lowest BCUT2D eigenvalue weighted by molar-refractivity contribution is 0.826. The smallest absolute Gasteiger partial charge is 0.0961 e. The molecule has 0 saturated heterocycles. The lowest BCUT2D eigenvalue weighted by Crippen LogP contribution is -2.03. The van der Waals surface area contributed by atoms with Crippen LogP contribution < -0.4 is 5.73 Å². The topological polar surface area (TPSA) is 43.8 Å². The summed E-state index contributed by atoms with van der Waals surface area (Å²) in [5, 5.41) is 0.690. The number of nitrogens with zero attached hydrogens (tertiary/aromatic N) is 2. The number of aromatic nitrogens is 2. The molecule has 0 amide bonds. The van der Waals surface area contributed by atoms with E-state index in [4.69, 9.17) is 17.3 Å². The van der Waals surface area contributed by atoms with Crippen LogP contribution >= 0.6 is 11.6 Å². The number of nitrogen functional groups attached to an aromatic ring is 1. The average Bonchev–Trinajstić information content (AvgIpc) is 2.77. The quantitative estimate of drug-likeness (QED) is 0.725. The summed E-state index contributed by atoms with van der Waals surface area (Å²) < 4.78 is 2.08. The summed E-state index contributed by atoms with van der Waals surface area (Å²) in [6, 6.07) is 9.86. The van der Waals surface area contributed by atoms with Gasteiger partial charge >= 0.3 is 0 Å². The van der Waals surface area contributed by atoms with Crippen LogP contribution in [0.25, 0.3) is 11.0 Å². The molecule has 2 aromatic carbocycles. The molecule has 0 aliphatic carbocycles. The summed E-state index contributed by atoms with van der Waals surface area (Å²) in [7, 11) is 0. The van der Waals surface area contributed by atoms with Crippen LogP contribution in [-0.2, 0) is 6.54 Å². The van der Waals surface area contributed by atoms with Crippen molar-refractivity contribution in [1.29, 1.82) is 0 Å². The maximum absolute atomic E-state index is 6.24. The Morgan fingerprint density at radius 3 is 2.70 bits per heavy atom. The molecule has 2 N–H and O–H groups in total. The van der Waals surface area contributed by atoms with Gasteiger partial charge in [0.2, 0.25) is 0 Å². The van der Waals surface area contributed by atoms with Crippen LogP contribution in [0.4, 0.5) is 5.69 Å². The van der Waals surface area contributed by atoms with E-state index in [0.717, 1.165) is 16.6 Å². The lowest BCUT2D eigenvalue weighted by atomic mass is 10.1. The Morgan fingerprint density at radius 2 is 1.95 bits per heavy atom. The van der Waals surface area contributed by atoms with Crippen molar-refractivity contribution in [3.05, 3.63) is 58.4 Å². The standard InChI is InChI=1S/C16H16ClN3/c1-10-6-15-16(7-11(10)2)20(9-19-15)8-12-13(17)4-3-5-14(12)18/h3-7,9H,8,18H2,1-2H3. The number of rotatable bonds is 2. The molecular weight excluding hydrogens is 270 g/mol. The number of imidazole rings is 1. The van der Waals surface area contributed by atoms with Crippen molar-refractivity contribution in [2.24, 2.45) is 0 Å². The highest BCUT2D eigenvalue weighted by atomic mass is 35.5. The highest BCUT2D eigenvalue weighted by molar-refractivity contribution is 6.31. The molecule has 0 aliphatic heterocycles. The van der Waals surface area contributed by atoms with Crippen LogP contribution in [0, 0.1) is 13.8 Å². The third kappa shape index (κ3) is 2.14. The van der Waals surface area contributed by atoms with Crippen molar-refractivity contribution in [3.8, 4) is 0 Å². The number of nitrogens with two attached hydrogens (primary N) is 1. The Labute approximate surface area is 123 Å².